The Hall–Kier alpha value is -1.61. The van der Waals surface area contributed by atoms with Crippen molar-refractivity contribution in [2.24, 2.45) is 0 Å². The fraction of sp³-hybridized carbons (Fsp3) is 0. The molecule has 3 nitrogen and oxygen atoms in total. The molecule has 0 radical (unpaired) electrons. The van der Waals surface area contributed by atoms with Crippen LogP contribution in [0.3, 0.4) is 0 Å². The highest BCUT2D eigenvalue weighted by Crippen LogP contribution is 2.29. The molecule has 0 saturated carbocycles. The zero-order chi connectivity index (χ0) is 9.97. The minimum Gasteiger partial charge on any atom is -0.355 e. The van der Waals surface area contributed by atoms with Gasteiger partial charge in [-0.3, -0.25) is 4.79 Å². The summed E-state index contributed by atoms with van der Waals surface area (Å²) in [6.45, 7) is 0. The Labute approximate surface area is 85.3 Å². The first-order valence-corrected chi connectivity index (χ1v) is 4.35. The fourth-order valence-electron chi connectivity index (χ4n) is 1.18. The highest BCUT2D eigenvalue weighted by atomic mass is 35.5. The number of hydrogen-bond acceptors (Lipinski definition) is 3. The largest absolute Gasteiger partial charge is 0.355 e. The van der Waals surface area contributed by atoms with Crippen LogP contribution in [0.4, 0.5) is 0 Å². The lowest BCUT2D eigenvalue weighted by atomic mass is 10.1. The van der Waals surface area contributed by atoms with Crippen LogP contribution in [0, 0.1) is 0 Å². The quantitative estimate of drug-likeness (QED) is 0.712. The summed E-state index contributed by atoms with van der Waals surface area (Å²) < 4.78 is 4.96. The van der Waals surface area contributed by atoms with Gasteiger partial charge in [-0.25, -0.2) is 0 Å². The van der Waals surface area contributed by atoms with E-state index in [1.54, 1.807) is 12.1 Å². The van der Waals surface area contributed by atoms with Crippen molar-refractivity contribution < 1.29 is 9.32 Å². The number of carbonyl (C=O) groups is 1. The van der Waals surface area contributed by atoms with Crippen LogP contribution in [0.1, 0.15) is 10.4 Å². The van der Waals surface area contributed by atoms with Gasteiger partial charge in [0, 0.05) is 5.56 Å². The number of aldehydes is 1. The maximum Gasteiger partial charge on any atom is 0.178 e. The molecule has 0 spiro atoms. The molecule has 0 aliphatic carbocycles. The Kier molecular flexibility index (Phi) is 2.33. The number of halogens is 1. The Morgan fingerprint density at radius 3 is 2.86 bits per heavy atom. The number of rotatable bonds is 2. The van der Waals surface area contributed by atoms with Crippen molar-refractivity contribution in [3.05, 3.63) is 41.0 Å². The van der Waals surface area contributed by atoms with Crippen LogP contribution in [-0.4, -0.2) is 11.4 Å². The highest BCUT2D eigenvalue weighted by molar-refractivity contribution is 6.33. The van der Waals surface area contributed by atoms with Gasteiger partial charge in [-0.05, 0) is 12.1 Å². The van der Waals surface area contributed by atoms with Crippen molar-refractivity contribution in [1.29, 1.82) is 0 Å². The maximum atomic E-state index is 10.6. The summed E-state index contributed by atoms with van der Waals surface area (Å²) in [5.74, 6) is 0.408. The van der Waals surface area contributed by atoms with Crippen molar-refractivity contribution in [2.45, 2.75) is 0 Å². The van der Waals surface area contributed by atoms with E-state index < -0.39 is 0 Å². The first-order chi connectivity index (χ1) is 6.83. The summed E-state index contributed by atoms with van der Waals surface area (Å²) in [6, 6.07) is 7.13. The van der Waals surface area contributed by atoms with Gasteiger partial charge in [0.1, 0.15) is 0 Å². The average Bonchev–Trinajstić information content (AvgIpc) is 2.66. The topological polar surface area (TPSA) is 43.1 Å². The molecule has 1 heterocycles. The SMILES string of the molecule is O=Cc1cnoc1-c1ccccc1Cl. The summed E-state index contributed by atoms with van der Waals surface area (Å²) in [5.41, 5.74) is 1.08. The van der Waals surface area contributed by atoms with Gasteiger partial charge in [0.15, 0.2) is 12.0 Å². The van der Waals surface area contributed by atoms with Gasteiger partial charge >= 0.3 is 0 Å². The lowest BCUT2D eigenvalue weighted by Crippen LogP contribution is -1.82. The van der Waals surface area contributed by atoms with Gasteiger partial charge in [0.25, 0.3) is 0 Å². The van der Waals surface area contributed by atoms with Gasteiger partial charge in [0.2, 0.25) is 0 Å². The monoisotopic (exact) mass is 207 g/mol. The van der Waals surface area contributed by atoms with Crippen molar-refractivity contribution >= 4 is 17.9 Å². The molecule has 2 rings (SSSR count). The summed E-state index contributed by atoms with van der Waals surface area (Å²) in [6.07, 6.45) is 2.06. The normalized spacial score (nSPS) is 10.1. The molecule has 0 aliphatic heterocycles. The van der Waals surface area contributed by atoms with Gasteiger partial charge in [-0.2, -0.15) is 0 Å². The molecule has 0 saturated heterocycles. The van der Waals surface area contributed by atoms with E-state index in [-0.39, 0.29) is 0 Å². The molecule has 14 heavy (non-hydrogen) atoms. The van der Waals surface area contributed by atoms with Crippen molar-refractivity contribution in [3.63, 3.8) is 0 Å². The third-order valence-electron chi connectivity index (χ3n) is 1.84. The Morgan fingerprint density at radius 1 is 1.36 bits per heavy atom. The average molecular weight is 208 g/mol. The van der Waals surface area contributed by atoms with E-state index in [4.69, 9.17) is 16.1 Å². The zero-order valence-corrected chi connectivity index (χ0v) is 7.86. The molecule has 4 heteroatoms. The molecule has 0 bridgehead atoms. The molecule has 0 unspecified atom stereocenters. The first kappa shape index (κ1) is 8.97. The van der Waals surface area contributed by atoms with E-state index in [2.05, 4.69) is 5.16 Å². The van der Waals surface area contributed by atoms with Crippen LogP contribution in [-0.2, 0) is 0 Å². The molecule has 1 aromatic heterocycles. The van der Waals surface area contributed by atoms with E-state index in [9.17, 15) is 4.79 Å². The van der Waals surface area contributed by atoms with E-state index in [0.29, 0.717) is 28.2 Å². The number of carbonyl (C=O) groups excluding carboxylic acids is 1. The van der Waals surface area contributed by atoms with Crippen LogP contribution in [0.5, 0.6) is 0 Å². The standard InChI is InChI=1S/C10H6ClNO2/c11-9-4-2-1-3-8(9)10-7(6-13)5-12-14-10/h1-6H. The zero-order valence-electron chi connectivity index (χ0n) is 7.11. The van der Waals surface area contributed by atoms with E-state index in [0.717, 1.165) is 0 Å². The number of nitrogens with zero attached hydrogens (tertiary/aromatic N) is 1. The van der Waals surface area contributed by atoms with Crippen LogP contribution in [0.15, 0.2) is 35.0 Å². The van der Waals surface area contributed by atoms with E-state index in [1.807, 2.05) is 12.1 Å². The fourth-order valence-corrected chi connectivity index (χ4v) is 1.40. The number of benzene rings is 1. The van der Waals surface area contributed by atoms with E-state index >= 15 is 0 Å². The second kappa shape index (κ2) is 3.64. The number of hydrogen-bond donors (Lipinski definition) is 0. The molecule has 0 atom stereocenters. The summed E-state index contributed by atoms with van der Waals surface area (Å²) in [7, 11) is 0. The molecule has 1 aromatic carbocycles. The highest BCUT2D eigenvalue weighted by Gasteiger charge is 2.12. The Balaban J connectivity index is 2.60. The third kappa shape index (κ3) is 1.42. The summed E-state index contributed by atoms with van der Waals surface area (Å²) in [5, 5.41) is 4.08. The molecular weight excluding hydrogens is 202 g/mol. The Bertz CT molecular complexity index is 465. The predicted molar refractivity (Wildman–Crippen MR) is 52.3 cm³/mol. The molecule has 0 N–H and O–H groups in total. The van der Waals surface area contributed by atoms with Crippen molar-refractivity contribution in [3.8, 4) is 11.3 Å². The summed E-state index contributed by atoms with van der Waals surface area (Å²) >= 11 is 5.94. The smallest absolute Gasteiger partial charge is 0.178 e. The van der Waals surface area contributed by atoms with Crippen LogP contribution in [0.2, 0.25) is 5.02 Å². The maximum absolute atomic E-state index is 10.6. The summed E-state index contributed by atoms with van der Waals surface area (Å²) in [4.78, 5) is 10.6. The van der Waals surface area contributed by atoms with Gasteiger partial charge in [0.05, 0.1) is 16.8 Å². The molecule has 2 aromatic rings. The van der Waals surface area contributed by atoms with Crippen LogP contribution in [0.25, 0.3) is 11.3 Å². The molecule has 0 amide bonds. The predicted octanol–water partition coefficient (Wildman–Crippen LogP) is 2.81. The second-order valence-electron chi connectivity index (χ2n) is 2.71. The molecular formula is C10H6ClNO2. The van der Waals surface area contributed by atoms with Crippen molar-refractivity contribution in [2.75, 3.05) is 0 Å². The van der Waals surface area contributed by atoms with Crippen molar-refractivity contribution in [1.82, 2.24) is 5.16 Å². The first-order valence-electron chi connectivity index (χ1n) is 3.97. The minimum atomic E-state index is 0.401. The molecule has 0 aliphatic rings. The Morgan fingerprint density at radius 2 is 2.14 bits per heavy atom. The van der Waals surface area contributed by atoms with Gasteiger partial charge in [-0.15, -0.1) is 0 Å². The minimum absolute atomic E-state index is 0.401. The lowest BCUT2D eigenvalue weighted by Gasteiger charge is -1.98. The lowest BCUT2D eigenvalue weighted by molar-refractivity contribution is 0.112. The van der Waals surface area contributed by atoms with E-state index in [1.165, 1.54) is 6.20 Å². The third-order valence-corrected chi connectivity index (χ3v) is 2.17. The second-order valence-corrected chi connectivity index (χ2v) is 3.12. The molecule has 0 fully saturated rings. The van der Waals surface area contributed by atoms with Gasteiger partial charge in [-0.1, -0.05) is 28.9 Å². The van der Waals surface area contributed by atoms with Crippen LogP contribution < -0.4 is 0 Å². The molecule has 70 valence electrons. The van der Waals surface area contributed by atoms with Crippen LogP contribution >= 0.6 is 11.6 Å². The van der Waals surface area contributed by atoms with Gasteiger partial charge < -0.3 is 4.52 Å². The number of aromatic nitrogens is 1.